The van der Waals surface area contributed by atoms with Crippen molar-refractivity contribution < 1.29 is 14.6 Å². The Kier molecular flexibility index (Phi) is 6.39. The summed E-state index contributed by atoms with van der Waals surface area (Å²) in [5.41, 5.74) is 0.827. The van der Waals surface area contributed by atoms with E-state index >= 15 is 0 Å². The van der Waals surface area contributed by atoms with Crippen molar-refractivity contribution in [3.8, 4) is 0 Å². The van der Waals surface area contributed by atoms with Crippen molar-refractivity contribution in [3.05, 3.63) is 35.9 Å². The Balaban J connectivity index is 2.76. The predicted octanol–water partition coefficient (Wildman–Crippen LogP) is 4.13. The fraction of sp³-hybridized carbons (Fsp3) is 0.667. The summed E-state index contributed by atoms with van der Waals surface area (Å²) in [5, 5.41) is 21.1. The molecule has 0 spiro atoms. The smallest absolute Gasteiger partial charge is 0.192 e. The molecule has 0 heterocycles. The van der Waals surface area contributed by atoms with Crippen molar-refractivity contribution in [1.82, 2.24) is 0 Å². The third-order valence-electron chi connectivity index (χ3n) is 4.95. The summed E-state index contributed by atoms with van der Waals surface area (Å²) in [6.45, 7) is 14.7. The molecule has 0 amide bonds. The van der Waals surface area contributed by atoms with E-state index < -0.39 is 20.5 Å². The van der Waals surface area contributed by atoms with Gasteiger partial charge in [-0.1, -0.05) is 58.0 Å². The number of hydrogen-bond donors (Lipinski definition) is 2. The van der Waals surface area contributed by atoms with Crippen molar-refractivity contribution in [2.45, 2.75) is 71.1 Å². The zero-order valence-electron chi connectivity index (χ0n) is 15.0. The Hall–Kier alpha value is -0.683. The van der Waals surface area contributed by atoms with Crippen molar-refractivity contribution in [2.24, 2.45) is 5.92 Å². The van der Waals surface area contributed by atoms with E-state index in [2.05, 4.69) is 33.9 Å². The molecule has 0 aliphatic rings. The van der Waals surface area contributed by atoms with Crippen molar-refractivity contribution in [1.29, 1.82) is 0 Å². The molecule has 4 atom stereocenters. The molecule has 4 heteroatoms. The summed E-state index contributed by atoms with van der Waals surface area (Å²) >= 11 is 0. The van der Waals surface area contributed by atoms with Gasteiger partial charge in [0.2, 0.25) is 0 Å². The maximum absolute atomic E-state index is 10.6. The zero-order valence-corrected chi connectivity index (χ0v) is 16.0. The van der Waals surface area contributed by atoms with Crippen LogP contribution in [0.4, 0.5) is 0 Å². The Morgan fingerprint density at radius 2 is 1.50 bits per heavy atom. The average molecular weight is 325 g/mol. The molecule has 3 nitrogen and oxygen atoms in total. The number of hydrogen-bond acceptors (Lipinski definition) is 3. The highest BCUT2D eigenvalue weighted by atomic mass is 28.4. The first-order valence-corrected chi connectivity index (χ1v) is 11.0. The molecule has 126 valence electrons. The van der Waals surface area contributed by atoms with Gasteiger partial charge in [0.1, 0.15) is 0 Å². The fourth-order valence-electron chi connectivity index (χ4n) is 2.28. The minimum Gasteiger partial charge on any atom is -0.412 e. The fourth-order valence-corrected chi connectivity index (χ4v) is 3.70. The van der Waals surface area contributed by atoms with Crippen LogP contribution >= 0.6 is 0 Å². The molecule has 1 rings (SSSR count). The van der Waals surface area contributed by atoms with Gasteiger partial charge in [-0.25, -0.2) is 0 Å². The molecule has 22 heavy (non-hydrogen) atoms. The summed E-state index contributed by atoms with van der Waals surface area (Å²) < 4.78 is 6.25. The lowest BCUT2D eigenvalue weighted by Gasteiger charge is -2.40. The first-order chi connectivity index (χ1) is 9.97. The average Bonchev–Trinajstić information content (AvgIpc) is 2.44. The molecule has 0 aliphatic carbocycles. The lowest BCUT2D eigenvalue weighted by atomic mass is 9.90. The molecule has 0 fully saturated rings. The molecular weight excluding hydrogens is 292 g/mol. The maximum atomic E-state index is 10.6. The van der Waals surface area contributed by atoms with Crippen LogP contribution in [0, 0.1) is 5.92 Å². The third kappa shape index (κ3) is 4.65. The van der Waals surface area contributed by atoms with Crippen LogP contribution in [-0.4, -0.2) is 30.7 Å². The minimum absolute atomic E-state index is 0.0995. The summed E-state index contributed by atoms with van der Waals surface area (Å²) in [6.07, 6.45) is -1.69. The second-order valence-corrected chi connectivity index (χ2v) is 12.5. The molecule has 0 bridgehead atoms. The van der Waals surface area contributed by atoms with Crippen LogP contribution in [-0.2, 0) is 4.43 Å². The highest BCUT2D eigenvalue weighted by Gasteiger charge is 2.40. The molecule has 1 aromatic carbocycles. The van der Waals surface area contributed by atoms with Gasteiger partial charge in [-0.2, -0.15) is 0 Å². The molecule has 1 aromatic rings. The first kappa shape index (κ1) is 19.4. The quantitative estimate of drug-likeness (QED) is 0.774. The highest BCUT2D eigenvalue weighted by Crippen LogP contribution is 2.38. The topological polar surface area (TPSA) is 49.7 Å². The Bertz CT molecular complexity index is 453. The second-order valence-electron chi connectivity index (χ2n) is 7.79. The van der Waals surface area contributed by atoms with Crippen molar-refractivity contribution in [2.75, 3.05) is 0 Å². The van der Waals surface area contributed by atoms with Gasteiger partial charge in [-0.3, -0.25) is 0 Å². The van der Waals surface area contributed by atoms with Crippen LogP contribution < -0.4 is 0 Å². The molecule has 0 radical (unpaired) electrons. The van der Waals surface area contributed by atoms with E-state index in [4.69, 9.17) is 4.43 Å². The summed E-state index contributed by atoms with van der Waals surface area (Å²) in [7, 11) is -1.93. The van der Waals surface area contributed by atoms with Crippen molar-refractivity contribution >= 4 is 8.32 Å². The van der Waals surface area contributed by atoms with E-state index in [1.165, 1.54) is 0 Å². The van der Waals surface area contributed by atoms with Gasteiger partial charge >= 0.3 is 0 Å². The number of rotatable bonds is 6. The summed E-state index contributed by atoms with van der Waals surface area (Å²) in [4.78, 5) is 0. The van der Waals surface area contributed by atoms with Gasteiger partial charge < -0.3 is 14.6 Å². The second kappa shape index (κ2) is 7.26. The summed E-state index contributed by atoms with van der Waals surface area (Å²) in [5.74, 6) is -0.290. The van der Waals surface area contributed by atoms with Crippen LogP contribution in [0.5, 0.6) is 0 Å². The van der Waals surface area contributed by atoms with E-state index in [-0.39, 0.29) is 17.1 Å². The number of benzene rings is 1. The number of aliphatic hydroxyl groups excluding tert-OH is 2. The molecule has 0 saturated heterocycles. The van der Waals surface area contributed by atoms with E-state index in [9.17, 15) is 10.2 Å². The normalized spacial score (nSPS) is 18.6. The highest BCUT2D eigenvalue weighted by molar-refractivity contribution is 6.74. The summed E-state index contributed by atoms with van der Waals surface area (Å²) in [6, 6.07) is 9.47. The van der Waals surface area contributed by atoms with Gasteiger partial charge in [-0.05, 0) is 30.6 Å². The van der Waals surface area contributed by atoms with Crippen LogP contribution in [0.3, 0.4) is 0 Å². The van der Waals surface area contributed by atoms with Gasteiger partial charge in [0.25, 0.3) is 0 Å². The Morgan fingerprint density at radius 1 is 1.00 bits per heavy atom. The maximum Gasteiger partial charge on any atom is 0.192 e. The van der Waals surface area contributed by atoms with Crippen molar-refractivity contribution in [3.63, 3.8) is 0 Å². The standard InChI is InChI=1S/C18H32O3Si/c1-13(17(20)15-11-9-8-10-12-15)16(19)14(2)21-22(6,7)18(3,4)5/h8-14,16-17,19-20H,1-7H3/t13-,14?,16-,17-/m0/s1. The third-order valence-corrected chi connectivity index (χ3v) is 9.52. The van der Waals surface area contributed by atoms with E-state index in [0.717, 1.165) is 5.56 Å². The van der Waals surface area contributed by atoms with Crippen LogP contribution in [0.25, 0.3) is 0 Å². The zero-order chi connectivity index (χ0) is 17.1. The van der Waals surface area contributed by atoms with Gasteiger partial charge in [0.15, 0.2) is 8.32 Å². The SMILES string of the molecule is CC(O[Si](C)(C)C(C)(C)C)[C@@H](O)[C@H](C)[C@H](O)c1ccccc1. The number of aliphatic hydroxyl groups is 2. The van der Waals surface area contributed by atoms with E-state index in [1.807, 2.05) is 44.2 Å². The predicted molar refractivity (Wildman–Crippen MR) is 94.3 cm³/mol. The van der Waals surface area contributed by atoms with Gasteiger partial charge in [0, 0.05) is 5.92 Å². The molecule has 0 aliphatic heterocycles. The monoisotopic (exact) mass is 324 g/mol. The van der Waals surface area contributed by atoms with Gasteiger partial charge in [-0.15, -0.1) is 0 Å². The van der Waals surface area contributed by atoms with E-state index in [0.29, 0.717) is 0 Å². The minimum atomic E-state index is -1.93. The lowest BCUT2D eigenvalue weighted by Crippen LogP contribution is -2.47. The van der Waals surface area contributed by atoms with Crippen LogP contribution in [0.1, 0.15) is 46.3 Å². The molecule has 2 N–H and O–H groups in total. The van der Waals surface area contributed by atoms with E-state index in [1.54, 1.807) is 0 Å². The molecule has 0 aromatic heterocycles. The Morgan fingerprint density at radius 3 is 1.95 bits per heavy atom. The van der Waals surface area contributed by atoms with Crippen LogP contribution in [0.2, 0.25) is 18.1 Å². The Labute approximate surface area is 136 Å². The molecule has 1 unspecified atom stereocenters. The largest absolute Gasteiger partial charge is 0.412 e. The van der Waals surface area contributed by atoms with Gasteiger partial charge in [0.05, 0.1) is 18.3 Å². The van der Waals surface area contributed by atoms with Crippen LogP contribution in [0.15, 0.2) is 30.3 Å². The lowest BCUT2D eigenvalue weighted by molar-refractivity contribution is -0.0401. The first-order valence-electron chi connectivity index (χ1n) is 8.06. The molecule has 0 saturated carbocycles. The molecular formula is C18H32O3Si.